The predicted molar refractivity (Wildman–Crippen MR) is 84.5 cm³/mol. The van der Waals surface area contributed by atoms with Gasteiger partial charge in [-0.05, 0) is 19.1 Å². The molecule has 22 heavy (non-hydrogen) atoms. The smallest absolute Gasteiger partial charge is 0.224 e. The molecule has 3 rings (SSSR count). The molecule has 0 atom stereocenters. The lowest BCUT2D eigenvalue weighted by atomic mass is 10.1. The number of aromatic nitrogens is 4. The number of carbonyl (C=O) groups is 1. The summed E-state index contributed by atoms with van der Waals surface area (Å²) in [5.41, 5.74) is 3.91. The molecule has 7 heteroatoms. The molecule has 110 valence electrons. The van der Waals surface area contributed by atoms with Crippen LogP contribution in [0.4, 0.5) is 11.6 Å². The second-order valence-electron chi connectivity index (χ2n) is 4.70. The molecule has 0 saturated heterocycles. The molecular formula is C15H14N6O. The Balaban J connectivity index is 2.10. The molecule has 0 fully saturated rings. The van der Waals surface area contributed by atoms with Gasteiger partial charge in [-0.3, -0.25) is 9.78 Å². The Hall–Kier alpha value is -3.09. The van der Waals surface area contributed by atoms with Crippen molar-refractivity contribution in [3.8, 4) is 11.1 Å². The molecule has 0 spiro atoms. The third-order valence-corrected chi connectivity index (χ3v) is 3.28. The van der Waals surface area contributed by atoms with E-state index in [0.29, 0.717) is 23.7 Å². The van der Waals surface area contributed by atoms with Crippen molar-refractivity contribution in [2.75, 3.05) is 17.7 Å². The van der Waals surface area contributed by atoms with Crippen LogP contribution in [0.15, 0.2) is 30.7 Å². The van der Waals surface area contributed by atoms with Crippen molar-refractivity contribution in [3.05, 3.63) is 36.4 Å². The number of amides is 1. The highest BCUT2D eigenvalue weighted by Gasteiger charge is 2.08. The Morgan fingerprint density at radius 2 is 1.95 bits per heavy atom. The fraction of sp³-hybridized carbons (Fsp3) is 0.133. The second-order valence-corrected chi connectivity index (χ2v) is 4.70. The second kappa shape index (κ2) is 5.72. The Labute approximate surface area is 126 Å². The number of aryl methyl sites for hydroxylation is 1. The lowest BCUT2D eigenvalue weighted by Crippen LogP contribution is -1.98. The van der Waals surface area contributed by atoms with Crippen LogP contribution in [0.3, 0.4) is 0 Å². The first-order valence-corrected chi connectivity index (χ1v) is 6.69. The molecule has 0 aromatic carbocycles. The van der Waals surface area contributed by atoms with E-state index in [1.165, 1.54) is 0 Å². The number of hydrogen-bond acceptors (Lipinski definition) is 6. The number of rotatable bonds is 4. The van der Waals surface area contributed by atoms with Gasteiger partial charge in [0.2, 0.25) is 12.4 Å². The first kappa shape index (κ1) is 13.9. The maximum absolute atomic E-state index is 10.6. The van der Waals surface area contributed by atoms with Crippen molar-refractivity contribution < 1.29 is 4.79 Å². The predicted octanol–water partition coefficient (Wildman–Crippen LogP) is 2.01. The van der Waals surface area contributed by atoms with E-state index >= 15 is 0 Å². The first-order chi connectivity index (χ1) is 10.7. The topological polar surface area (TPSA) is 92.7 Å². The molecular weight excluding hydrogens is 280 g/mol. The summed E-state index contributed by atoms with van der Waals surface area (Å²) in [6.07, 6.45) is 5.70. The van der Waals surface area contributed by atoms with E-state index in [4.69, 9.17) is 0 Å². The van der Waals surface area contributed by atoms with Crippen LogP contribution in [-0.4, -0.2) is 33.4 Å². The Bertz CT molecular complexity index is 849. The molecule has 3 heterocycles. The van der Waals surface area contributed by atoms with Crippen LogP contribution >= 0.6 is 0 Å². The van der Waals surface area contributed by atoms with Crippen LogP contribution in [0.25, 0.3) is 22.2 Å². The van der Waals surface area contributed by atoms with E-state index in [0.717, 1.165) is 22.2 Å². The average Bonchev–Trinajstić information content (AvgIpc) is 2.56. The molecule has 7 nitrogen and oxygen atoms in total. The average molecular weight is 294 g/mol. The number of carbonyl (C=O) groups excluding carboxylic acids is 1. The minimum Gasteiger partial charge on any atom is -0.357 e. The van der Waals surface area contributed by atoms with Crippen molar-refractivity contribution in [2.45, 2.75) is 6.92 Å². The van der Waals surface area contributed by atoms with Crippen molar-refractivity contribution in [1.82, 2.24) is 19.9 Å². The van der Waals surface area contributed by atoms with Gasteiger partial charge in [0.25, 0.3) is 0 Å². The minimum absolute atomic E-state index is 0.530. The highest BCUT2D eigenvalue weighted by atomic mass is 16.1. The van der Waals surface area contributed by atoms with Gasteiger partial charge >= 0.3 is 0 Å². The maximum Gasteiger partial charge on any atom is 0.224 e. The van der Waals surface area contributed by atoms with Crippen molar-refractivity contribution in [3.63, 3.8) is 0 Å². The van der Waals surface area contributed by atoms with Gasteiger partial charge in [0.05, 0.1) is 11.9 Å². The fourth-order valence-electron chi connectivity index (χ4n) is 2.16. The van der Waals surface area contributed by atoms with Crippen LogP contribution in [0.1, 0.15) is 5.69 Å². The van der Waals surface area contributed by atoms with Crippen molar-refractivity contribution in [2.24, 2.45) is 0 Å². The van der Waals surface area contributed by atoms with Gasteiger partial charge < -0.3 is 10.6 Å². The first-order valence-electron chi connectivity index (χ1n) is 6.69. The molecule has 0 bridgehead atoms. The van der Waals surface area contributed by atoms with Gasteiger partial charge in [-0.25, -0.2) is 9.97 Å². The summed E-state index contributed by atoms with van der Waals surface area (Å²) in [7, 11) is 1.76. The molecule has 0 radical (unpaired) electrons. The minimum atomic E-state index is 0.530. The number of nitrogens with zero attached hydrogens (tertiary/aromatic N) is 4. The Kier molecular flexibility index (Phi) is 3.61. The summed E-state index contributed by atoms with van der Waals surface area (Å²) in [5.74, 6) is 0.530. The SMILES string of the molecule is CNc1ncc2cc(-c3cc(NC=O)cnc3C)cnc2n1. The molecule has 0 aliphatic heterocycles. The van der Waals surface area contributed by atoms with Crippen LogP contribution in [0, 0.1) is 6.92 Å². The quantitative estimate of drug-likeness (QED) is 0.715. The summed E-state index contributed by atoms with van der Waals surface area (Å²) < 4.78 is 0. The van der Waals surface area contributed by atoms with Crippen molar-refractivity contribution in [1.29, 1.82) is 0 Å². The summed E-state index contributed by atoms with van der Waals surface area (Å²) in [6.45, 7) is 1.91. The van der Waals surface area contributed by atoms with Gasteiger partial charge in [-0.1, -0.05) is 0 Å². The Morgan fingerprint density at radius 1 is 1.09 bits per heavy atom. The third-order valence-electron chi connectivity index (χ3n) is 3.28. The highest BCUT2D eigenvalue weighted by molar-refractivity contribution is 5.83. The van der Waals surface area contributed by atoms with Gasteiger partial charge in [-0.2, -0.15) is 4.98 Å². The molecule has 3 aromatic heterocycles. The molecule has 1 amide bonds. The van der Waals surface area contributed by atoms with Crippen molar-refractivity contribution >= 4 is 29.1 Å². The molecule has 0 unspecified atom stereocenters. The maximum atomic E-state index is 10.6. The van der Waals surface area contributed by atoms with E-state index in [9.17, 15) is 4.79 Å². The van der Waals surface area contributed by atoms with E-state index < -0.39 is 0 Å². The van der Waals surface area contributed by atoms with Crippen LogP contribution in [-0.2, 0) is 4.79 Å². The number of nitrogens with one attached hydrogen (secondary N) is 2. The van der Waals surface area contributed by atoms with Crippen LogP contribution in [0.2, 0.25) is 0 Å². The van der Waals surface area contributed by atoms with E-state index in [1.807, 2.05) is 19.1 Å². The molecule has 0 saturated carbocycles. The summed E-state index contributed by atoms with van der Waals surface area (Å²) >= 11 is 0. The molecule has 2 N–H and O–H groups in total. The molecule has 3 aromatic rings. The van der Waals surface area contributed by atoms with Crippen LogP contribution in [0.5, 0.6) is 0 Å². The van der Waals surface area contributed by atoms with Gasteiger partial charge in [0, 0.05) is 41.6 Å². The zero-order valence-electron chi connectivity index (χ0n) is 12.2. The van der Waals surface area contributed by atoms with Gasteiger partial charge in [0.1, 0.15) is 0 Å². The highest BCUT2D eigenvalue weighted by Crippen LogP contribution is 2.26. The largest absolute Gasteiger partial charge is 0.357 e. The third kappa shape index (κ3) is 2.56. The van der Waals surface area contributed by atoms with Gasteiger partial charge in [0.15, 0.2) is 5.65 Å². The molecule has 0 aliphatic carbocycles. The van der Waals surface area contributed by atoms with Gasteiger partial charge in [-0.15, -0.1) is 0 Å². The van der Waals surface area contributed by atoms with E-state index in [-0.39, 0.29) is 0 Å². The number of hydrogen-bond donors (Lipinski definition) is 2. The van der Waals surface area contributed by atoms with E-state index in [1.54, 1.807) is 25.6 Å². The zero-order valence-corrected chi connectivity index (χ0v) is 12.2. The monoisotopic (exact) mass is 294 g/mol. The Morgan fingerprint density at radius 3 is 2.73 bits per heavy atom. The lowest BCUT2D eigenvalue weighted by molar-refractivity contribution is -0.105. The lowest BCUT2D eigenvalue weighted by Gasteiger charge is -2.08. The number of anilines is 2. The zero-order chi connectivity index (χ0) is 15.5. The molecule has 0 aliphatic rings. The summed E-state index contributed by atoms with van der Waals surface area (Å²) in [5, 5.41) is 6.32. The van der Waals surface area contributed by atoms with Crippen LogP contribution < -0.4 is 10.6 Å². The number of fused-ring (bicyclic) bond motifs is 1. The fourth-order valence-corrected chi connectivity index (χ4v) is 2.16. The summed E-state index contributed by atoms with van der Waals surface area (Å²) in [6, 6.07) is 3.82. The van der Waals surface area contributed by atoms with E-state index in [2.05, 4.69) is 30.6 Å². The summed E-state index contributed by atoms with van der Waals surface area (Å²) in [4.78, 5) is 27.7. The number of pyridine rings is 2. The standard InChI is InChI=1S/C15H14N6O/c1-9-13(4-12(7-17-9)20-8-22)10-3-11-6-19-15(16-2)21-14(11)18-5-10/h3-8H,1-2H3,(H,20,22)(H,16,18,19,21). The normalized spacial score (nSPS) is 10.5.